The Morgan fingerprint density at radius 1 is 1.43 bits per heavy atom. The number of quaternary nitrogens is 1. The van der Waals surface area contributed by atoms with Crippen molar-refractivity contribution in [2.24, 2.45) is 11.8 Å². The van der Waals surface area contributed by atoms with Gasteiger partial charge in [-0.15, -0.1) is 0 Å². The molecule has 2 heteroatoms. The van der Waals surface area contributed by atoms with Gasteiger partial charge >= 0.3 is 0 Å². The maximum absolute atomic E-state index is 5.66. The van der Waals surface area contributed by atoms with Crippen molar-refractivity contribution in [1.29, 1.82) is 0 Å². The van der Waals surface area contributed by atoms with Crippen molar-refractivity contribution in [3.8, 4) is 0 Å². The second-order valence-corrected chi connectivity index (χ2v) is 8.63. The third kappa shape index (κ3) is 5.46. The topological polar surface area (TPSA) is 29.1 Å². The minimum Gasteiger partial charge on any atom is -0.471 e. The standard InChI is InChI=1S/C21H37NO/c1-16(10-11-19-20(3,4)23-19)8-7-9-17(2)18-12-14-21(5,22-6)15-13-18/h8,12,14,17-19H,6-7,9-11,13,15,22H2,1-5H3. The Labute approximate surface area is 143 Å². The van der Waals surface area contributed by atoms with E-state index < -0.39 is 0 Å². The molecule has 132 valence electrons. The predicted molar refractivity (Wildman–Crippen MR) is 97.9 cm³/mol. The quantitative estimate of drug-likeness (QED) is 0.401. The maximum atomic E-state index is 5.66. The van der Waals surface area contributed by atoms with E-state index in [0.29, 0.717) is 6.10 Å². The van der Waals surface area contributed by atoms with Crippen LogP contribution < -0.4 is 5.32 Å². The summed E-state index contributed by atoms with van der Waals surface area (Å²) in [5.41, 5.74) is 1.90. The van der Waals surface area contributed by atoms with E-state index in [1.54, 1.807) is 0 Å². The van der Waals surface area contributed by atoms with Gasteiger partial charge in [0.05, 0.1) is 17.2 Å². The van der Waals surface area contributed by atoms with E-state index in [-0.39, 0.29) is 11.1 Å². The van der Waals surface area contributed by atoms with Crippen LogP contribution in [0.3, 0.4) is 0 Å². The zero-order valence-electron chi connectivity index (χ0n) is 15.9. The number of nitrogens with two attached hydrogens (primary N) is 1. The summed E-state index contributed by atoms with van der Waals surface area (Å²) < 4.78 is 5.66. The Bertz CT molecular complexity index is 451. The van der Waals surface area contributed by atoms with Crippen LogP contribution in [0.5, 0.6) is 0 Å². The molecule has 23 heavy (non-hydrogen) atoms. The lowest BCUT2D eigenvalue weighted by molar-refractivity contribution is -0.661. The number of hydrogen-bond donors (Lipinski definition) is 1. The number of epoxide rings is 1. The van der Waals surface area contributed by atoms with Gasteiger partial charge in [0.2, 0.25) is 0 Å². The molecule has 1 fully saturated rings. The molecule has 1 saturated heterocycles. The normalized spacial score (nSPS) is 34.4. The van der Waals surface area contributed by atoms with Crippen molar-refractivity contribution in [3.63, 3.8) is 0 Å². The van der Waals surface area contributed by atoms with Crippen LogP contribution >= 0.6 is 0 Å². The van der Waals surface area contributed by atoms with Crippen molar-refractivity contribution in [2.45, 2.75) is 90.4 Å². The molecule has 0 spiro atoms. The summed E-state index contributed by atoms with van der Waals surface area (Å²) >= 11 is 0. The molecular formula is C21H37NO. The fraction of sp³-hybridized carbons (Fsp3) is 0.762. The summed E-state index contributed by atoms with van der Waals surface area (Å²) in [6, 6.07) is 0. The van der Waals surface area contributed by atoms with Crippen molar-refractivity contribution in [2.75, 3.05) is 0 Å². The van der Waals surface area contributed by atoms with Gasteiger partial charge in [-0.25, -0.2) is 0 Å². The molecule has 2 nitrogen and oxygen atoms in total. The molecular weight excluding hydrogens is 282 g/mol. The Balaban J connectivity index is 1.67. The summed E-state index contributed by atoms with van der Waals surface area (Å²) in [4.78, 5) is 0. The van der Waals surface area contributed by atoms with Gasteiger partial charge in [0.25, 0.3) is 0 Å². The van der Waals surface area contributed by atoms with Crippen LogP contribution in [0.15, 0.2) is 23.8 Å². The fourth-order valence-corrected chi connectivity index (χ4v) is 3.65. The molecule has 1 aliphatic carbocycles. The van der Waals surface area contributed by atoms with E-state index in [1.165, 1.54) is 44.1 Å². The van der Waals surface area contributed by atoms with Gasteiger partial charge in [0, 0.05) is 6.42 Å². The zero-order valence-corrected chi connectivity index (χ0v) is 15.9. The Hall–Kier alpha value is -0.600. The SMILES string of the molecule is [CH2-][NH2+]C1(C)C=CC(C(C)CCC=C(C)CCC2OC2(C)C)CC1. The first-order chi connectivity index (χ1) is 10.8. The van der Waals surface area contributed by atoms with Gasteiger partial charge in [-0.1, -0.05) is 24.6 Å². The molecule has 0 aromatic heterocycles. The minimum absolute atomic E-state index is 0.141. The van der Waals surface area contributed by atoms with E-state index in [1.807, 2.05) is 0 Å². The highest BCUT2D eigenvalue weighted by Crippen LogP contribution is 2.39. The summed E-state index contributed by atoms with van der Waals surface area (Å²) in [6.45, 7) is 11.3. The maximum Gasteiger partial charge on any atom is 0.0892 e. The molecule has 2 rings (SSSR count). The highest BCUT2D eigenvalue weighted by molar-refractivity contribution is 5.07. The van der Waals surface area contributed by atoms with Crippen molar-refractivity contribution in [1.82, 2.24) is 0 Å². The van der Waals surface area contributed by atoms with Crippen LogP contribution in [-0.4, -0.2) is 17.2 Å². The molecule has 2 N–H and O–H groups in total. The molecule has 4 unspecified atom stereocenters. The highest BCUT2D eigenvalue weighted by Gasteiger charge is 2.46. The van der Waals surface area contributed by atoms with Crippen molar-refractivity contribution in [3.05, 3.63) is 30.8 Å². The lowest BCUT2D eigenvalue weighted by Gasteiger charge is -2.34. The van der Waals surface area contributed by atoms with Gasteiger partial charge < -0.3 is 10.1 Å². The first-order valence-corrected chi connectivity index (χ1v) is 9.42. The third-order valence-corrected chi connectivity index (χ3v) is 6.02. The van der Waals surface area contributed by atoms with E-state index >= 15 is 0 Å². The van der Waals surface area contributed by atoms with Crippen LogP contribution in [0, 0.1) is 18.9 Å². The Kier molecular flexibility index (Phi) is 6.13. The average molecular weight is 320 g/mol. The number of hydrogen-bond acceptors (Lipinski definition) is 1. The first kappa shape index (κ1) is 18.7. The van der Waals surface area contributed by atoms with Crippen LogP contribution in [0.2, 0.25) is 0 Å². The van der Waals surface area contributed by atoms with E-state index in [0.717, 1.165) is 11.8 Å². The molecule has 0 amide bonds. The molecule has 0 aromatic rings. The number of rotatable bonds is 8. The molecule has 1 heterocycles. The average Bonchev–Trinajstić information content (AvgIpc) is 3.13. The third-order valence-electron chi connectivity index (χ3n) is 6.02. The summed E-state index contributed by atoms with van der Waals surface area (Å²) in [7, 11) is 3.97. The van der Waals surface area contributed by atoms with Crippen LogP contribution in [0.25, 0.3) is 0 Å². The Morgan fingerprint density at radius 2 is 2.13 bits per heavy atom. The van der Waals surface area contributed by atoms with Gasteiger partial charge in [-0.2, -0.15) is 7.05 Å². The summed E-state index contributed by atoms with van der Waals surface area (Å²) in [5.74, 6) is 1.52. The molecule has 0 aromatic carbocycles. The largest absolute Gasteiger partial charge is 0.471 e. The monoisotopic (exact) mass is 319 g/mol. The van der Waals surface area contributed by atoms with Crippen LogP contribution in [-0.2, 0) is 4.74 Å². The number of allylic oxidation sites excluding steroid dienone is 3. The molecule has 0 radical (unpaired) electrons. The van der Waals surface area contributed by atoms with Gasteiger partial charge in [-0.05, 0) is 77.7 Å². The van der Waals surface area contributed by atoms with E-state index in [4.69, 9.17) is 4.74 Å². The molecule has 1 aliphatic heterocycles. The van der Waals surface area contributed by atoms with Crippen LogP contribution in [0.4, 0.5) is 0 Å². The molecule has 0 saturated carbocycles. The zero-order chi connectivity index (χ0) is 17.1. The smallest absolute Gasteiger partial charge is 0.0892 e. The highest BCUT2D eigenvalue weighted by atomic mass is 16.6. The van der Waals surface area contributed by atoms with E-state index in [9.17, 15) is 0 Å². The summed E-state index contributed by atoms with van der Waals surface area (Å²) in [6.07, 6.45) is 15.2. The van der Waals surface area contributed by atoms with Crippen molar-refractivity contribution < 1.29 is 10.1 Å². The van der Waals surface area contributed by atoms with Gasteiger partial charge in [0.1, 0.15) is 0 Å². The first-order valence-electron chi connectivity index (χ1n) is 9.42. The number of ether oxygens (including phenoxy) is 1. The van der Waals surface area contributed by atoms with Crippen LogP contribution in [0.1, 0.15) is 73.1 Å². The summed E-state index contributed by atoms with van der Waals surface area (Å²) in [5, 5.41) is 2.10. The lowest BCUT2D eigenvalue weighted by atomic mass is 9.77. The van der Waals surface area contributed by atoms with Gasteiger partial charge in [0.15, 0.2) is 0 Å². The lowest BCUT2D eigenvalue weighted by Crippen LogP contribution is -2.90. The molecule has 2 aliphatic rings. The van der Waals surface area contributed by atoms with E-state index in [2.05, 4.69) is 65.2 Å². The predicted octanol–water partition coefficient (Wildman–Crippen LogP) is 4.39. The fourth-order valence-electron chi connectivity index (χ4n) is 3.65. The second-order valence-electron chi connectivity index (χ2n) is 8.63. The molecule has 4 atom stereocenters. The minimum atomic E-state index is 0.141. The Morgan fingerprint density at radius 3 is 2.65 bits per heavy atom. The molecule has 0 bridgehead atoms. The van der Waals surface area contributed by atoms with Crippen molar-refractivity contribution >= 4 is 0 Å². The second kappa shape index (κ2) is 7.53. The van der Waals surface area contributed by atoms with Gasteiger partial charge in [-0.3, -0.25) is 0 Å².